The van der Waals surface area contributed by atoms with Crippen LogP contribution in [-0.2, 0) is 9.59 Å². The molecule has 0 aliphatic rings. The van der Waals surface area contributed by atoms with E-state index in [0.717, 1.165) is 32.1 Å². The summed E-state index contributed by atoms with van der Waals surface area (Å²) in [6.07, 6.45) is 19.2. The Morgan fingerprint density at radius 1 is 0.708 bits per heavy atom. The van der Waals surface area contributed by atoms with Crippen LogP contribution in [0.15, 0.2) is 12.7 Å². The molecule has 0 aromatic rings. The van der Waals surface area contributed by atoms with E-state index >= 15 is 0 Å². The predicted molar refractivity (Wildman–Crippen MR) is 103 cm³/mol. The average Bonchev–Trinajstić information content (AvgIpc) is 2.56. The molecule has 0 bridgehead atoms. The molecule has 3 nitrogen and oxygen atoms in total. The number of hydrogen-bond donors (Lipinski definition) is 1. The van der Waals surface area contributed by atoms with Crippen molar-refractivity contribution in [3.8, 4) is 0 Å². The highest BCUT2D eigenvalue weighted by molar-refractivity contribution is 5.95. The van der Waals surface area contributed by atoms with E-state index in [9.17, 15) is 9.59 Å². The molecule has 24 heavy (non-hydrogen) atoms. The standard InChI is InChI=1S/C21H39NO2/c1-3-5-7-9-11-13-15-17-19-21(24)22-20(23)18-16-14-12-10-8-6-4-2/h3H,1,4-19H2,2H3,(H,22,23,24). The molecule has 3 heteroatoms. The summed E-state index contributed by atoms with van der Waals surface area (Å²) < 4.78 is 0. The van der Waals surface area contributed by atoms with Gasteiger partial charge in [-0.25, -0.2) is 0 Å². The molecule has 140 valence electrons. The van der Waals surface area contributed by atoms with Crippen molar-refractivity contribution in [2.45, 2.75) is 110 Å². The predicted octanol–water partition coefficient (Wildman–Crippen LogP) is 6.08. The second kappa shape index (κ2) is 18.2. The third-order valence-electron chi connectivity index (χ3n) is 4.35. The summed E-state index contributed by atoms with van der Waals surface area (Å²) in [6.45, 7) is 5.93. The van der Waals surface area contributed by atoms with Gasteiger partial charge in [-0.3, -0.25) is 14.9 Å². The first kappa shape index (κ1) is 22.9. The Kier molecular flexibility index (Phi) is 17.4. The molecule has 2 amide bonds. The van der Waals surface area contributed by atoms with Crippen LogP contribution in [0, 0.1) is 0 Å². The summed E-state index contributed by atoms with van der Waals surface area (Å²) in [7, 11) is 0. The monoisotopic (exact) mass is 337 g/mol. The van der Waals surface area contributed by atoms with Gasteiger partial charge in [0.15, 0.2) is 0 Å². The Balaban J connectivity index is 3.36. The largest absolute Gasteiger partial charge is 0.296 e. The van der Waals surface area contributed by atoms with Crippen LogP contribution in [0.4, 0.5) is 0 Å². The first-order chi connectivity index (χ1) is 11.7. The molecule has 0 aliphatic heterocycles. The Bertz CT molecular complexity index is 326. The fourth-order valence-electron chi connectivity index (χ4n) is 2.80. The average molecular weight is 338 g/mol. The second-order valence-corrected chi connectivity index (χ2v) is 6.79. The van der Waals surface area contributed by atoms with Gasteiger partial charge < -0.3 is 0 Å². The van der Waals surface area contributed by atoms with Crippen LogP contribution in [0.2, 0.25) is 0 Å². The maximum atomic E-state index is 11.7. The zero-order valence-corrected chi connectivity index (χ0v) is 15.9. The van der Waals surface area contributed by atoms with Crippen LogP contribution in [0.5, 0.6) is 0 Å². The van der Waals surface area contributed by atoms with Gasteiger partial charge in [-0.2, -0.15) is 0 Å². The van der Waals surface area contributed by atoms with Crippen LogP contribution < -0.4 is 5.32 Å². The van der Waals surface area contributed by atoms with Crippen LogP contribution in [0.1, 0.15) is 110 Å². The minimum Gasteiger partial charge on any atom is -0.296 e. The van der Waals surface area contributed by atoms with Gasteiger partial charge in [0.25, 0.3) is 0 Å². The molecule has 0 aliphatic carbocycles. The summed E-state index contributed by atoms with van der Waals surface area (Å²) in [6, 6.07) is 0. The van der Waals surface area contributed by atoms with Gasteiger partial charge >= 0.3 is 0 Å². The van der Waals surface area contributed by atoms with E-state index in [1.165, 1.54) is 57.8 Å². The number of carbonyl (C=O) groups excluding carboxylic acids is 2. The van der Waals surface area contributed by atoms with E-state index in [0.29, 0.717) is 12.8 Å². The number of unbranched alkanes of at least 4 members (excludes halogenated alkanes) is 12. The summed E-state index contributed by atoms with van der Waals surface area (Å²) in [5, 5.41) is 2.52. The molecule has 0 heterocycles. The molecule has 0 radical (unpaired) electrons. The number of imide groups is 1. The van der Waals surface area contributed by atoms with E-state index in [1.807, 2.05) is 6.08 Å². The van der Waals surface area contributed by atoms with Crippen molar-refractivity contribution in [2.75, 3.05) is 0 Å². The Labute approximate surface area is 149 Å². The van der Waals surface area contributed by atoms with Crippen LogP contribution in [-0.4, -0.2) is 11.8 Å². The number of rotatable bonds is 17. The van der Waals surface area contributed by atoms with E-state index < -0.39 is 0 Å². The zero-order chi connectivity index (χ0) is 17.9. The van der Waals surface area contributed by atoms with Crippen LogP contribution >= 0.6 is 0 Å². The molecule has 0 fully saturated rings. The molecule has 1 N–H and O–H groups in total. The minimum atomic E-state index is -0.102. The highest BCUT2D eigenvalue weighted by Crippen LogP contribution is 2.10. The number of amides is 2. The van der Waals surface area contributed by atoms with Gasteiger partial charge in [0, 0.05) is 12.8 Å². The minimum absolute atomic E-state index is 0.0991. The van der Waals surface area contributed by atoms with Crippen molar-refractivity contribution in [3.05, 3.63) is 12.7 Å². The van der Waals surface area contributed by atoms with E-state index in [1.54, 1.807) is 0 Å². The topological polar surface area (TPSA) is 46.2 Å². The number of nitrogens with one attached hydrogen (secondary N) is 1. The number of hydrogen-bond acceptors (Lipinski definition) is 2. The number of allylic oxidation sites excluding steroid dienone is 1. The smallest absolute Gasteiger partial charge is 0.226 e. The lowest BCUT2D eigenvalue weighted by Gasteiger charge is -2.05. The van der Waals surface area contributed by atoms with Crippen molar-refractivity contribution in [2.24, 2.45) is 0 Å². The van der Waals surface area contributed by atoms with Crippen LogP contribution in [0.3, 0.4) is 0 Å². The van der Waals surface area contributed by atoms with Crippen molar-refractivity contribution >= 4 is 11.8 Å². The molecule has 0 saturated carbocycles. The third-order valence-corrected chi connectivity index (χ3v) is 4.35. The van der Waals surface area contributed by atoms with Crippen LogP contribution in [0.25, 0.3) is 0 Å². The lowest BCUT2D eigenvalue weighted by atomic mass is 10.1. The highest BCUT2D eigenvalue weighted by atomic mass is 16.2. The fraction of sp³-hybridized carbons (Fsp3) is 0.810. The van der Waals surface area contributed by atoms with Gasteiger partial charge in [0.05, 0.1) is 0 Å². The van der Waals surface area contributed by atoms with Gasteiger partial charge in [-0.05, 0) is 25.7 Å². The van der Waals surface area contributed by atoms with Crippen molar-refractivity contribution in [1.82, 2.24) is 5.32 Å². The zero-order valence-electron chi connectivity index (χ0n) is 15.9. The lowest BCUT2D eigenvalue weighted by molar-refractivity contribution is -0.130. The first-order valence-electron chi connectivity index (χ1n) is 10.1. The number of carbonyl (C=O) groups is 2. The first-order valence-corrected chi connectivity index (χ1v) is 10.1. The van der Waals surface area contributed by atoms with E-state index in [-0.39, 0.29) is 11.8 Å². The SMILES string of the molecule is C=CCCCCCCCCC(=O)NC(=O)CCCCCCCCC. The second-order valence-electron chi connectivity index (χ2n) is 6.79. The summed E-state index contributed by atoms with van der Waals surface area (Å²) in [5.41, 5.74) is 0. The Hall–Kier alpha value is -1.12. The van der Waals surface area contributed by atoms with E-state index in [4.69, 9.17) is 0 Å². The summed E-state index contributed by atoms with van der Waals surface area (Å²) in [4.78, 5) is 23.4. The quantitative estimate of drug-likeness (QED) is 0.258. The third kappa shape index (κ3) is 17.2. The molecular formula is C21H39NO2. The Morgan fingerprint density at radius 3 is 1.58 bits per heavy atom. The maximum Gasteiger partial charge on any atom is 0.226 e. The summed E-state index contributed by atoms with van der Waals surface area (Å²) >= 11 is 0. The molecule has 0 unspecified atom stereocenters. The molecule has 0 atom stereocenters. The molecule has 0 aromatic heterocycles. The molecule has 0 saturated heterocycles. The highest BCUT2D eigenvalue weighted by Gasteiger charge is 2.07. The molecule has 0 spiro atoms. The lowest BCUT2D eigenvalue weighted by Crippen LogP contribution is -2.29. The normalized spacial score (nSPS) is 10.5. The van der Waals surface area contributed by atoms with Crippen molar-refractivity contribution < 1.29 is 9.59 Å². The van der Waals surface area contributed by atoms with Gasteiger partial charge in [0.1, 0.15) is 0 Å². The van der Waals surface area contributed by atoms with Crippen molar-refractivity contribution in [1.29, 1.82) is 0 Å². The van der Waals surface area contributed by atoms with Gasteiger partial charge in [-0.15, -0.1) is 6.58 Å². The van der Waals surface area contributed by atoms with Gasteiger partial charge in [0.2, 0.25) is 11.8 Å². The van der Waals surface area contributed by atoms with Crippen molar-refractivity contribution in [3.63, 3.8) is 0 Å². The summed E-state index contributed by atoms with van der Waals surface area (Å²) in [5.74, 6) is -0.201. The fourth-order valence-corrected chi connectivity index (χ4v) is 2.80. The molecular weight excluding hydrogens is 298 g/mol. The molecule has 0 rings (SSSR count). The molecule has 0 aromatic carbocycles. The maximum absolute atomic E-state index is 11.7. The van der Waals surface area contributed by atoms with E-state index in [2.05, 4.69) is 18.8 Å². The van der Waals surface area contributed by atoms with Gasteiger partial charge in [-0.1, -0.05) is 77.2 Å². The Morgan fingerprint density at radius 2 is 1.12 bits per heavy atom.